The summed E-state index contributed by atoms with van der Waals surface area (Å²) in [5.74, 6) is 0.386. The predicted octanol–water partition coefficient (Wildman–Crippen LogP) is 4.29. The van der Waals surface area contributed by atoms with Gasteiger partial charge in [-0.05, 0) is 48.4 Å². The average Bonchev–Trinajstić information content (AvgIpc) is 2.79. The summed E-state index contributed by atoms with van der Waals surface area (Å²) in [6.45, 7) is 1.87. The van der Waals surface area contributed by atoms with Crippen LogP contribution in [0.2, 0.25) is 0 Å². The number of ether oxygens (including phenoxy) is 1. The number of benzene rings is 3. The summed E-state index contributed by atoms with van der Waals surface area (Å²) in [5.41, 5.74) is 2.75. The van der Waals surface area contributed by atoms with Gasteiger partial charge in [-0.2, -0.15) is 0 Å². The molecule has 0 saturated heterocycles. The van der Waals surface area contributed by atoms with E-state index in [4.69, 9.17) is 4.74 Å². The second-order valence-corrected chi connectivity index (χ2v) is 8.27. The monoisotopic (exact) mass is 394 g/mol. The van der Waals surface area contributed by atoms with Crippen LogP contribution in [0.5, 0.6) is 11.5 Å². The minimum absolute atomic E-state index is 0.148. The van der Waals surface area contributed by atoms with Crippen molar-refractivity contribution in [3.05, 3.63) is 83.4 Å². The Morgan fingerprint density at radius 3 is 2.54 bits per heavy atom. The smallest absolute Gasteiger partial charge is 0.259 e. The van der Waals surface area contributed by atoms with Gasteiger partial charge < -0.3 is 10.1 Å². The first kappa shape index (κ1) is 18.1. The van der Waals surface area contributed by atoms with Crippen LogP contribution in [0.25, 0.3) is 0 Å². The van der Waals surface area contributed by atoms with Gasteiger partial charge in [-0.15, -0.1) is 0 Å². The summed E-state index contributed by atoms with van der Waals surface area (Å²) in [4.78, 5) is 12.6. The normalized spacial score (nSPS) is 12.8. The number of para-hydroxylation sites is 2. The molecule has 2 N–H and O–H groups in total. The maximum Gasteiger partial charge on any atom is 0.259 e. The van der Waals surface area contributed by atoms with E-state index in [9.17, 15) is 13.2 Å². The Morgan fingerprint density at radius 1 is 0.964 bits per heavy atom. The Hall–Kier alpha value is -3.32. The molecule has 1 aliphatic rings. The van der Waals surface area contributed by atoms with E-state index in [-0.39, 0.29) is 17.2 Å². The molecule has 3 aromatic rings. The maximum absolute atomic E-state index is 12.6. The highest BCUT2D eigenvalue weighted by molar-refractivity contribution is 7.91. The Kier molecular flexibility index (Phi) is 4.52. The lowest BCUT2D eigenvalue weighted by Gasteiger charge is -2.12. The van der Waals surface area contributed by atoms with Gasteiger partial charge >= 0.3 is 0 Å². The second kappa shape index (κ2) is 7.01. The fourth-order valence-electron chi connectivity index (χ4n) is 3.02. The highest BCUT2D eigenvalue weighted by Crippen LogP contribution is 2.36. The first-order chi connectivity index (χ1) is 13.4. The van der Waals surface area contributed by atoms with E-state index in [0.717, 1.165) is 11.1 Å². The van der Waals surface area contributed by atoms with E-state index < -0.39 is 10.0 Å². The molecule has 1 heterocycles. The van der Waals surface area contributed by atoms with E-state index in [1.54, 1.807) is 42.5 Å². The molecule has 1 amide bonds. The number of amides is 1. The summed E-state index contributed by atoms with van der Waals surface area (Å²) in [6.07, 6.45) is 0. The van der Waals surface area contributed by atoms with Crippen molar-refractivity contribution in [3.63, 3.8) is 0 Å². The molecule has 0 saturated carbocycles. The lowest BCUT2D eigenvalue weighted by molar-refractivity contribution is 0.102. The van der Waals surface area contributed by atoms with Crippen molar-refractivity contribution in [2.45, 2.75) is 12.7 Å². The number of fused-ring (bicyclic) bond motifs is 2. The largest absolute Gasteiger partial charge is 0.454 e. The van der Waals surface area contributed by atoms with Crippen LogP contribution in [0.3, 0.4) is 0 Å². The predicted molar refractivity (Wildman–Crippen MR) is 108 cm³/mol. The summed E-state index contributed by atoms with van der Waals surface area (Å²) in [6, 6.07) is 19.1. The van der Waals surface area contributed by atoms with Gasteiger partial charge in [-0.25, -0.2) is 8.42 Å². The van der Waals surface area contributed by atoms with Gasteiger partial charge in [-0.3, -0.25) is 9.52 Å². The third-order valence-electron chi connectivity index (χ3n) is 4.46. The van der Waals surface area contributed by atoms with Crippen molar-refractivity contribution < 1.29 is 17.9 Å². The van der Waals surface area contributed by atoms with Crippen molar-refractivity contribution in [2.24, 2.45) is 0 Å². The second-order valence-electron chi connectivity index (χ2n) is 6.55. The van der Waals surface area contributed by atoms with E-state index in [1.807, 2.05) is 25.1 Å². The molecule has 0 spiro atoms. The zero-order valence-corrected chi connectivity index (χ0v) is 15.9. The zero-order chi connectivity index (χ0) is 19.7. The minimum atomic E-state index is -3.64. The lowest BCUT2D eigenvalue weighted by Crippen LogP contribution is -2.16. The molecule has 142 valence electrons. The van der Waals surface area contributed by atoms with Crippen LogP contribution >= 0.6 is 0 Å². The molecule has 28 heavy (non-hydrogen) atoms. The topological polar surface area (TPSA) is 84.5 Å². The molecule has 6 nitrogen and oxygen atoms in total. The maximum atomic E-state index is 12.6. The van der Waals surface area contributed by atoms with Gasteiger partial charge in [0.1, 0.15) is 5.75 Å². The number of nitrogens with one attached hydrogen (secondary N) is 2. The van der Waals surface area contributed by atoms with Crippen molar-refractivity contribution >= 4 is 27.3 Å². The Balaban J connectivity index is 1.60. The summed E-state index contributed by atoms with van der Waals surface area (Å²) in [7, 11) is -3.64. The number of rotatable bonds is 4. The van der Waals surface area contributed by atoms with Crippen LogP contribution in [0.4, 0.5) is 11.4 Å². The molecule has 0 bridgehead atoms. The molecular formula is C21H18N2O4S. The van der Waals surface area contributed by atoms with Crippen LogP contribution < -0.4 is 14.8 Å². The molecule has 0 unspecified atom stereocenters. The number of sulfonamides is 1. The summed E-state index contributed by atoms with van der Waals surface area (Å²) < 4.78 is 33.5. The lowest BCUT2D eigenvalue weighted by atomic mass is 10.1. The average molecular weight is 394 g/mol. The molecule has 0 aliphatic carbocycles. The molecular weight excluding hydrogens is 376 g/mol. The number of carbonyl (C=O) groups excluding carboxylic acids is 1. The van der Waals surface area contributed by atoms with Gasteiger partial charge in [0.25, 0.3) is 5.91 Å². The molecule has 0 aromatic heterocycles. The highest BCUT2D eigenvalue weighted by Gasteiger charge is 2.22. The Labute approximate surface area is 163 Å². The van der Waals surface area contributed by atoms with Gasteiger partial charge in [-0.1, -0.05) is 36.4 Å². The Morgan fingerprint density at radius 2 is 1.71 bits per heavy atom. The number of aryl methyl sites for hydroxylation is 1. The van der Waals surface area contributed by atoms with Gasteiger partial charge in [0, 0.05) is 5.69 Å². The third-order valence-corrected chi connectivity index (χ3v) is 5.70. The van der Waals surface area contributed by atoms with Gasteiger partial charge in [0.05, 0.1) is 17.0 Å². The van der Waals surface area contributed by atoms with Crippen LogP contribution in [0, 0.1) is 6.92 Å². The summed E-state index contributed by atoms with van der Waals surface area (Å²) in [5, 5.41) is 2.77. The third kappa shape index (κ3) is 3.70. The quantitative estimate of drug-likeness (QED) is 0.691. The van der Waals surface area contributed by atoms with E-state index >= 15 is 0 Å². The van der Waals surface area contributed by atoms with E-state index in [2.05, 4.69) is 10.0 Å². The minimum Gasteiger partial charge on any atom is -0.454 e. The van der Waals surface area contributed by atoms with Gasteiger partial charge in [0.2, 0.25) is 10.0 Å². The first-order valence-corrected chi connectivity index (χ1v) is 10.3. The van der Waals surface area contributed by atoms with E-state index in [0.29, 0.717) is 22.9 Å². The zero-order valence-electron chi connectivity index (χ0n) is 15.1. The number of hydrogen-bond donors (Lipinski definition) is 2. The van der Waals surface area contributed by atoms with Crippen molar-refractivity contribution in [3.8, 4) is 11.5 Å². The molecule has 3 aromatic carbocycles. The van der Waals surface area contributed by atoms with Crippen LogP contribution in [0.15, 0.2) is 66.7 Å². The summed E-state index contributed by atoms with van der Waals surface area (Å²) >= 11 is 0. The van der Waals surface area contributed by atoms with Crippen LogP contribution in [-0.4, -0.2) is 14.3 Å². The molecule has 0 atom stereocenters. The fraction of sp³-hybridized carbons (Fsp3) is 0.0952. The molecule has 0 fully saturated rings. The first-order valence-electron chi connectivity index (χ1n) is 8.68. The molecule has 7 heteroatoms. The highest BCUT2D eigenvalue weighted by atomic mass is 32.2. The standard InChI is InChI=1S/C21H18N2O4S/c1-14-6-2-3-7-15(14)13-28(25,26)23-16-10-11-19-17(12-16)21(24)22-18-8-4-5-9-20(18)27-19/h2-12,23H,13H2,1H3,(H,22,24). The number of carbonyl (C=O) groups is 1. The van der Waals surface area contributed by atoms with Crippen molar-refractivity contribution in [1.82, 2.24) is 0 Å². The Bertz CT molecular complexity index is 1170. The number of hydrogen-bond acceptors (Lipinski definition) is 4. The number of anilines is 2. The fourth-order valence-corrected chi connectivity index (χ4v) is 4.31. The van der Waals surface area contributed by atoms with Crippen molar-refractivity contribution in [2.75, 3.05) is 10.0 Å². The molecule has 0 radical (unpaired) electrons. The molecule has 4 rings (SSSR count). The van der Waals surface area contributed by atoms with Gasteiger partial charge in [0.15, 0.2) is 5.75 Å². The van der Waals surface area contributed by atoms with Crippen LogP contribution in [-0.2, 0) is 15.8 Å². The SMILES string of the molecule is Cc1ccccc1CS(=O)(=O)Nc1ccc2c(c1)C(=O)Nc1ccccc1O2. The van der Waals surface area contributed by atoms with E-state index in [1.165, 1.54) is 6.07 Å². The van der Waals surface area contributed by atoms with Crippen LogP contribution in [0.1, 0.15) is 21.5 Å². The molecule has 1 aliphatic heterocycles. The van der Waals surface area contributed by atoms with Crippen molar-refractivity contribution in [1.29, 1.82) is 0 Å².